The third kappa shape index (κ3) is 65.1. The summed E-state index contributed by atoms with van der Waals surface area (Å²) in [7, 11) is 1.64. The van der Waals surface area contributed by atoms with E-state index in [1.54, 1.807) is 0 Å². The molecular weight excluding hydrogens is 1010 g/mol. The van der Waals surface area contributed by atoms with Crippen molar-refractivity contribution in [2.75, 3.05) is 40.9 Å². The van der Waals surface area contributed by atoms with Gasteiger partial charge in [-0.3, -0.25) is 13.8 Å². The van der Waals surface area contributed by atoms with E-state index in [-0.39, 0.29) is 19.1 Å². The van der Waals surface area contributed by atoms with Crippen LogP contribution in [0.5, 0.6) is 0 Å². The van der Waals surface area contributed by atoms with Crippen LogP contribution < -0.4 is 5.32 Å². The molecule has 0 radical (unpaired) electrons. The molecule has 0 saturated heterocycles. The Labute approximate surface area is 501 Å². The van der Waals surface area contributed by atoms with Gasteiger partial charge in [0, 0.05) is 6.42 Å². The Morgan fingerprint density at radius 2 is 0.600 bits per heavy atom. The number of amides is 1. The Balaban J connectivity index is 3.96. The van der Waals surface area contributed by atoms with E-state index in [1.807, 2.05) is 21.1 Å². The van der Waals surface area contributed by atoms with Gasteiger partial charge in [0.2, 0.25) is 5.91 Å². The lowest BCUT2D eigenvalue weighted by Gasteiger charge is -2.26. The Morgan fingerprint density at radius 1 is 0.375 bits per heavy atom. The number of nitrogens with one attached hydrogen (secondary N) is 1. The van der Waals surface area contributed by atoms with Crippen LogP contribution in [0.2, 0.25) is 0 Å². The standard InChI is InChI=1S/C71H145N2O6P/c1-6-8-10-12-14-16-18-20-22-24-26-28-30-32-34-35-36-37-38-39-40-42-44-46-48-50-52-54-56-58-60-62-64-70(74)69(68-79-80(76,77)78-67-66-73(3,4)5)72-71(75)65-63-61-59-57-55-53-51-49-47-45-43-41-33-31-29-27-25-23-21-19-17-15-13-11-9-7-2/h69-70,74H,6-68H2,1-5H3,(H-,72,75,76,77)/p+1. The molecule has 8 nitrogen and oxygen atoms in total. The molecule has 0 aromatic rings. The highest BCUT2D eigenvalue weighted by Crippen LogP contribution is 2.43. The number of quaternary nitrogens is 1. The van der Waals surface area contributed by atoms with Gasteiger partial charge in [-0.15, -0.1) is 0 Å². The van der Waals surface area contributed by atoms with E-state index in [4.69, 9.17) is 9.05 Å². The maximum Gasteiger partial charge on any atom is 0.472 e. The number of carbonyl (C=O) groups excluding carboxylic acids is 1. The predicted molar refractivity (Wildman–Crippen MR) is 351 cm³/mol. The topological polar surface area (TPSA) is 105 Å². The predicted octanol–water partition coefficient (Wildman–Crippen LogP) is 23.1. The van der Waals surface area contributed by atoms with E-state index < -0.39 is 20.0 Å². The molecule has 0 aromatic heterocycles. The SMILES string of the molecule is CCCCCCCCCCCCCCCCCCCCCCCCCCCCCCCCCCC(O)C(COP(=O)(O)OCC[N+](C)(C)C)NC(=O)CCCCCCCCCCCCCCCCCCCCCCCCCCCC. The Hall–Kier alpha value is -0.500. The largest absolute Gasteiger partial charge is 0.472 e. The summed E-state index contributed by atoms with van der Waals surface area (Å²) in [5.74, 6) is -0.133. The van der Waals surface area contributed by atoms with Crippen LogP contribution in [0.3, 0.4) is 0 Å². The van der Waals surface area contributed by atoms with Crippen LogP contribution in [0, 0.1) is 0 Å². The fraction of sp³-hybridized carbons (Fsp3) is 0.986. The van der Waals surface area contributed by atoms with Crippen LogP contribution in [0.4, 0.5) is 0 Å². The fourth-order valence-electron chi connectivity index (χ4n) is 11.7. The minimum Gasteiger partial charge on any atom is -0.391 e. The maximum absolute atomic E-state index is 13.1. The highest BCUT2D eigenvalue weighted by molar-refractivity contribution is 7.47. The van der Waals surface area contributed by atoms with Crippen LogP contribution in [-0.2, 0) is 18.4 Å². The molecule has 0 aromatic carbocycles. The van der Waals surface area contributed by atoms with E-state index in [0.29, 0.717) is 23.9 Å². The van der Waals surface area contributed by atoms with Crippen molar-refractivity contribution >= 4 is 13.7 Å². The van der Waals surface area contributed by atoms with Crippen molar-refractivity contribution in [3.63, 3.8) is 0 Å². The molecule has 0 heterocycles. The summed E-state index contributed by atoms with van der Waals surface area (Å²) in [5, 5.41) is 14.2. The van der Waals surface area contributed by atoms with Crippen molar-refractivity contribution in [2.24, 2.45) is 0 Å². The quantitative estimate of drug-likeness (QED) is 0.0318. The van der Waals surface area contributed by atoms with Gasteiger partial charge in [0.1, 0.15) is 13.2 Å². The normalized spacial score (nSPS) is 13.5. The number of phosphoric acid groups is 1. The molecule has 0 saturated carbocycles. The van der Waals surface area contributed by atoms with E-state index in [2.05, 4.69) is 19.2 Å². The molecule has 0 aliphatic carbocycles. The molecule has 3 N–H and O–H groups in total. The third-order valence-electron chi connectivity index (χ3n) is 17.4. The van der Waals surface area contributed by atoms with E-state index in [9.17, 15) is 19.4 Å². The number of hydrogen-bond acceptors (Lipinski definition) is 5. The third-order valence-corrected chi connectivity index (χ3v) is 18.3. The van der Waals surface area contributed by atoms with Crippen LogP contribution in [-0.4, -0.2) is 73.4 Å². The average Bonchev–Trinajstić information content (AvgIpc) is 3.42. The molecule has 80 heavy (non-hydrogen) atoms. The lowest BCUT2D eigenvalue weighted by molar-refractivity contribution is -0.870. The van der Waals surface area contributed by atoms with Crippen LogP contribution in [0.15, 0.2) is 0 Å². The van der Waals surface area contributed by atoms with Crippen LogP contribution >= 0.6 is 7.82 Å². The van der Waals surface area contributed by atoms with Crippen molar-refractivity contribution in [3.05, 3.63) is 0 Å². The molecule has 0 fully saturated rings. The second-order valence-electron chi connectivity index (χ2n) is 26.7. The highest BCUT2D eigenvalue weighted by Gasteiger charge is 2.28. The Morgan fingerprint density at radius 3 is 0.838 bits per heavy atom. The summed E-state index contributed by atoms with van der Waals surface area (Å²) in [4.78, 5) is 23.5. The summed E-state index contributed by atoms with van der Waals surface area (Å²) in [6.45, 7) is 4.97. The number of unbranched alkanes of at least 4 members (excludes halogenated alkanes) is 56. The maximum atomic E-state index is 13.1. The molecule has 3 unspecified atom stereocenters. The fourth-order valence-corrected chi connectivity index (χ4v) is 12.4. The molecule has 3 atom stereocenters. The number of phosphoric ester groups is 1. The zero-order chi connectivity index (χ0) is 58.4. The summed E-state index contributed by atoms with van der Waals surface area (Å²) in [5.41, 5.74) is 0. The summed E-state index contributed by atoms with van der Waals surface area (Å²) < 4.78 is 23.9. The molecular formula is C71H146N2O6P+. The number of aliphatic hydroxyl groups is 1. The Kier molecular flexibility index (Phi) is 62.6. The van der Waals surface area contributed by atoms with E-state index >= 15 is 0 Å². The van der Waals surface area contributed by atoms with Crippen molar-refractivity contribution in [3.8, 4) is 0 Å². The van der Waals surface area contributed by atoms with Gasteiger partial charge in [-0.05, 0) is 12.8 Å². The summed E-state index contributed by atoms with van der Waals surface area (Å²) >= 11 is 0. The first-order chi connectivity index (χ1) is 39.0. The molecule has 0 aliphatic rings. The average molecular weight is 1150 g/mol. The summed E-state index contributed by atoms with van der Waals surface area (Å²) in [6, 6.07) is -0.757. The van der Waals surface area contributed by atoms with Gasteiger partial charge in [-0.1, -0.05) is 380 Å². The van der Waals surface area contributed by atoms with E-state index in [1.165, 1.54) is 334 Å². The summed E-state index contributed by atoms with van der Waals surface area (Å²) in [6.07, 6.45) is 79.4. The lowest BCUT2D eigenvalue weighted by atomic mass is 10.0. The number of hydrogen-bond donors (Lipinski definition) is 3. The second kappa shape index (κ2) is 63.0. The van der Waals surface area contributed by atoms with Gasteiger partial charge in [0.15, 0.2) is 0 Å². The first kappa shape index (κ1) is 79.5. The van der Waals surface area contributed by atoms with Gasteiger partial charge < -0.3 is 19.8 Å². The Bertz CT molecular complexity index is 1260. The molecule has 9 heteroatoms. The second-order valence-corrected chi connectivity index (χ2v) is 28.1. The molecule has 480 valence electrons. The van der Waals surface area contributed by atoms with Crippen molar-refractivity contribution in [2.45, 2.75) is 411 Å². The monoisotopic (exact) mass is 1150 g/mol. The highest BCUT2D eigenvalue weighted by atomic mass is 31.2. The van der Waals surface area contributed by atoms with E-state index in [0.717, 1.165) is 38.5 Å². The minimum atomic E-state index is -4.33. The number of aliphatic hydroxyl groups excluding tert-OH is 1. The van der Waals surface area contributed by atoms with Gasteiger partial charge >= 0.3 is 7.82 Å². The molecule has 0 rings (SSSR count). The number of rotatable bonds is 69. The number of nitrogens with zero attached hydrogens (tertiary/aromatic N) is 1. The van der Waals surface area contributed by atoms with Gasteiger partial charge in [-0.2, -0.15) is 0 Å². The number of likely N-dealkylation sites (N-methyl/N-ethyl adjacent to an activating group) is 1. The molecule has 0 bridgehead atoms. The molecule has 0 aliphatic heterocycles. The lowest BCUT2D eigenvalue weighted by Crippen LogP contribution is -2.46. The molecule has 0 spiro atoms. The van der Waals surface area contributed by atoms with Crippen molar-refractivity contribution in [1.29, 1.82) is 0 Å². The minimum absolute atomic E-state index is 0.0795. The van der Waals surface area contributed by atoms with Crippen LogP contribution in [0.25, 0.3) is 0 Å². The van der Waals surface area contributed by atoms with Gasteiger partial charge in [-0.25, -0.2) is 4.57 Å². The zero-order valence-electron chi connectivity index (χ0n) is 55.1. The van der Waals surface area contributed by atoms with Gasteiger partial charge in [0.05, 0.1) is 39.9 Å². The first-order valence-electron chi connectivity index (χ1n) is 36.4. The van der Waals surface area contributed by atoms with Crippen LogP contribution in [0.1, 0.15) is 399 Å². The number of carbonyl (C=O) groups is 1. The van der Waals surface area contributed by atoms with Gasteiger partial charge in [0.25, 0.3) is 0 Å². The molecule has 1 amide bonds. The first-order valence-corrected chi connectivity index (χ1v) is 37.9. The smallest absolute Gasteiger partial charge is 0.391 e. The van der Waals surface area contributed by atoms with Crippen molar-refractivity contribution in [1.82, 2.24) is 5.32 Å². The van der Waals surface area contributed by atoms with Crippen molar-refractivity contribution < 1.29 is 32.9 Å². The zero-order valence-corrected chi connectivity index (χ0v) is 56.0.